The number of hydrogen-bond acceptors (Lipinski definition) is 2. The van der Waals surface area contributed by atoms with Crippen molar-refractivity contribution in [3.05, 3.63) is 34.9 Å². The zero-order valence-electron chi connectivity index (χ0n) is 12.4. The van der Waals surface area contributed by atoms with Crippen molar-refractivity contribution in [2.75, 3.05) is 13.1 Å². The van der Waals surface area contributed by atoms with Gasteiger partial charge in [-0.25, -0.2) is 0 Å². The topological polar surface area (TPSA) is 15.3 Å². The van der Waals surface area contributed by atoms with E-state index >= 15 is 0 Å². The lowest BCUT2D eigenvalue weighted by molar-refractivity contribution is 0.199. The van der Waals surface area contributed by atoms with Crippen LogP contribution in [0.3, 0.4) is 0 Å². The molecule has 0 radical (unpaired) electrons. The highest BCUT2D eigenvalue weighted by atomic mass is 15.2. The van der Waals surface area contributed by atoms with Crippen LogP contribution in [0.5, 0.6) is 0 Å². The summed E-state index contributed by atoms with van der Waals surface area (Å²) in [5.41, 5.74) is 4.31. The first kappa shape index (κ1) is 13.1. The molecule has 2 saturated heterocycles. The molecule has 0 aliphatic carbocycles. The van der Waals surface area contributed by atoms with E-state index in [9.17, 15) is 0 Å². The van der Waals surface area contributed by atoms with Crippen molar-refractivity contribution in [3.8, 4) is 0 Å². The van der Waals surface area contributed by atoms with Gasteiger partial charge in [-0.15, -0.1) is 0 Å². The number of nitrogens with zero attached hydrogens (tertiary/aromatic N) is 1. The van der Waals surface area contributed by atoms with E-state index in [4.69, 9.17) is 0 Å². The van der Waals surface area contributed by atoms with Crippen LogP contribution in [0.4, 0.5) is 0 Å². The summed E-state index contributed by atoms with van der Waals surface area (Å²) < 4.78 is 0. The van der Waals surface area contributed by atoms with Crippen molar-refractivity contribution in [3.63, 3.8) is 0 Å². The third-order valence-corrected chi connectivity index (χ3v) is 4.98. The Kier molecular flexibility index (Phi) is 3.64. The average Bonchev–Trinajstić information content (AvgIpc) is 2.68. The number of rotatable bonds is 2. The summed E-state index contributed by atoms with van der Waals surface area (Å²) in [4.78, 5) is 2.68. The van der Waals surface area contributed by atoms with Gasteiger partial charge in [-0.05, 0) is 51.2 Å². The molecule has 0 amide bonds. The summed E-state index contributed by atoms with van der Waals surface area (Å²) in [6, 6.07) is 8.94. The Balaban J connectivity index is 1.77. The highest BCUT2D eigenvalue weighted by molar-refractivity contribution is 5.32. The van der Waals surface area contributed by atoms with Crippen molar-refractivity contribution in [1.29, 1.82) is 0 Å². The Morgan fingerprint density at radius 3 is 2.74 bits per heavy atom. The minimum atomic E-state index is 0.543. The number of likely N-dealkylation sites (tertiary alicyclic amines) is 1. The third kappa shape index (κ3) is 2.70. The molecular formula is C17H26N2. The second-order valence-corrected chi connectivity index (χ2v) is 6.46. The van der Waals surface area contributed by atoms with E-state index in [0.29, 0.717) is 6.04 Å². The van der Waals surface area contributed by atoms with E-state index in [1.165, 1.54) is 49.0 Å². The molecule has 2 nitrogen and oxygen atoms in total. The zero-order valence-corrected chi connectivity index (χ0v) is 12.4. The molecule has 2 heteroatoms. The lowest BCUT2D eigenvalue weighted by Crippen LogP contribution is -2.36. The van der Waals surface area contributed by atoms with E-state index in [1.807, 2.05) is 0 Å². The summed E-state index contributed by atoms with van der Waals surface area (Å²) in [6.45, 7) is 9.25. The van der Waals surface area contributed by atoms with E-state index in [1.54, 1.807) is 0 Å². The first-order chi connectivity index (χ1) is 9.13. The SMILES string of the molecule is Cc1ccc(C(C)N2CCC3CCC(C2)N3)c(C)c1. The molecule has 1 aromatic rings. The molecule has 19 heavy (non-hydrogen) atoms. The summed E-state index contributed by atoms with van der Waals surface area (Å²) >= 11 is 0. The Hall–Kier alpha value is -0.860. The molecule has 2 fully saturated rings. The normalized spacial score (nSPS) is 29.2. The molecule has 0 spiro atoms. The van der Waals surface area contributed by atoms with Gasteiger partial charge >= 0.3 is 0 Å². The Bertz CT molecular complexity index is 455. The van der Waals surface area contributed by atoms with Crippen LogP contribution in [-0.4, -0.2) is 30.1 Å². The van der Waals surface area contributed by atoms with Gasteiger partial charge in [0.2, 0.25) is 0 Å². The third-order valence-electron chi connectivity index (χ3n) is 4.98. The van der Waals surface area contributed by atoms with Crippen LogP contribution in [-0.2, 0) is 0 Å². The quantitative estimate of drug-likeness (QED) is 0.876. The number of nitrogens with one attached hydrogen (secondary N) is 1. The van der Waals surface area contributed by atoms with Gasteiger partial charge in [-0.2, -0.15) is 0 Å². The van der Waals surface area contributed by atoms with Crippen molar-refractivity contribution in [2.45, 2.75) is 58.2 Å². The summed E-state index contributed by atoms with van der Waals surface area (Å²) in [5, 5.41) is 3.77. The van der Waals surface area contributed by atoms with Crippen LogP contribution in [0.2, 0.25) is 0 Å². The number of hydrogen-bond donors (Lipinski definition) is 1. The largest absolute Gasteiger partial charge is 0.310 e. The maximum absolute atomic E-state index is 3.77. The predicted molar refractivity (Wildman–Crippen MR) is 80.5 cm³/mol. The fourth-order valence-corrected chi connectivity index (χ4v) is 3.81. The molecular weight excluding hydrogens is 232 g/mol. The Labute approximate surface area is 117 Å². The van der Waals surface area contributed by atoms with Gasteiger partial charge in [0, 0.05) is 31.2 Å². The van der Waals surface area contributed by atoms with Crippen molar-refractivity contribution in [1.82, 2.24) is 10.2 Å². The molecule has 0 saturated carbocycles. The van der Waals surface area contributed by atoms with Gasteiger partial charge in [-0.3, -0.25) is 4.90 Å². The molecule has 3 unspecified atom stereocenters. The summed E-state index contributed by atoms with van der Waals surface area (Å²) in [6.07, 6.45) is 4.06. The number of aryl methyl sites for hydroxylation is 2. The second-order valence-electron chi connectivity index (χ2n) is 6.46. The maximum Gasteiger partial charge on any atom is 0.0323 e. The van der Waals surface area contributed by atoms with Crippen LogP contribution in [0.25, 0.3) is 0 Å². The van der Waals surface area contributed by atoms with Crippen LogP contribution in [0.15, 0.2) is 18.2 Å². The molecule has 2 aliphatic heterocycles. The lowest BCUT2D eigenvalue weighted by Gasteiger charge is -2.31. The Morgan fingerprint density at radius 1 is 1.16 bits per heavy atom. The van der Waals surface area contributed by atoms with Crippen LogP contribution >= 0.6 is 0 Å². The monoisotopic (exact) mass is 258 g/mol. The molecule has 2 heterocycles. The predicted octanol–water partition coefficient (Wildman–Crippen LogP) is 3.19. The van der Waals surface area contributed by atoms with Crippen LogP contribution in [0.1, 0.15) is 48.9 Å². The number of fused-ring (bicyclic) bond motifs is 2. The summed E-state index contributed by atoms with van der Waals surface area (Å²) in [5.74, 6) is 0. The van der Waals surface area contributed by atoms with E-state index < -0.39 is 0 Å². The van der Waals surface area contributed by atoms with Gasteiger partial charge in [0.25, 0.3) is 0 Å². The van der Waals surface area contributed by atoms with Crippen LogP contribution < -0.4 is 5.32 Å². The van der Waals surface area contributed by atoms with Gasteiger partial charge in [0.1, 0.15) is 0 Å². The minimum Gasteiger partial charge on any atom is -0.310 e. The zero-order chi connectivity index (χ0) is 13.4. The van der Waals surface area contributed by atoms with Gasteiger partial charge in [0.05, 0.1) is 0 Å². The molecule has 1 N–H and O–H groups in total. The average molecular weight is 258 g/mol. The van der Waals surface area contributed by atoms with Gasteiger partial charge < -0.3 is 5.32 Å². The molecule has 0 aromatic heterocycles. The van der Waals surface area contributed by atoms with E-state index in [0.717, 1.165) is 12.1 Å². The fraction of sp³-hybridized carbons (Fsp3) is 0.647. The second kappa shape index (κ2) is 5.26. The molecule has 2 bridgehead atoms. The van der Waals surface area contributed by atoms with Gasteiger partial charge in [-0.1, -0.05) is 23.8 Å². The standard InChI is InChI=1S/C17H26N2/c1-12-4-7-17(13(2)10-12)14(3)19-9-8-15-5-6-16(11-19)18-15/h4,7,10,14-16,18H,5-6,8-9,11H2,1-3H3. The molecule has 1 aromatic carbocycles. The van der Waals surface area contributed by atoms with Crippen molar-refractivity contribution >= 4 is 0 Å². The van der Waals surface area contributed by atoms with Gasteiger partial charge in [0.15, 0.2) is 0 Å². The van der Waals surface area contributed by atoms with Crippen molar-refractivity contribution < 1.29 is 0 Å². The molecule has 3 rings (SSSR count). The molecule has 2 aliphatic rings. The minimum absolute atomic E-state index is 0.543. The van der Waals surface area contributed by atoms with E-state index in [2.05, 4.69) is 49.2 Å². The van der Waals surface area contributed by atoms with Crippen molar-refractivity contribution in [2.24, 2.45) is 0 Å². The highest BCUT2D eigenvalue weighted by Gasteiger charge is 2.31. The molecule has 104 valence electrons. The van der Waals surface area contributed by atoms with Crippen LogP contribution in [0, 0.1) is 13.8 Å². The number of benzene rings is 1. The van der Waals surface area contributed by atoms with E-state index in [-0.39, 0.29) is 0 Å². The smallest absolute Gasteiger partial charge is 0.0323 e. The Morgan fingerprint density at radius 2 is 1.95 bits per heavy atom. The fourth-order valence-electron chi connectivity index (χ4n) is 3.81. The maximum atomic E-state index is 3.77. The first-order valence-electron chi connectivity index (χ1n) is 7.71. The highest BCUT2D eigenvalue weighted by Crippen LogP contribution is 2.29. The molecule has 3 atom stereocenters. The summed E-state index contributed by atoms with van der Waals surface area (Å²) in [7, 11) is 0. The first-order valence-corrected chi connectivity index (χ1v) is 7.71. The lowest BCUT2D eigenvalue weighted by atomic mass is 9.98.